The Morgan fingerprint density at radius 1 is 1.47 bits per heavy atom. The first kappa shape index (κ1) is 10.1. The third-order valence-corrected chi connectivity index (χ3v) is 2.05. The lowest BCUT2D eigenvalue weighted by atomic mass is 10.2. The molecule has 4 nitrogen and oxygen atoms in total. The number of benzene rings is 1. The van der Waals surface area contributed by atoms with E-state index in [-0.39, 0.29) is 23.8 Å². The van der Waals surface area contributed by atoms with Crippen LogP contribution in [-0.2, 0) is 6.54 Å². The Morgan fingerprint density at radius 2 is 2.27 bits per heavy atom. The Balaban J connectivity index is 2.48. The fraction of sp³-hybridized carbons (Fsp3) is 0.111. The molecule has 0 aliphatic rings. The molecule has 1 aromatic carbocycles. The SMILES string of the molecule is NCc1nc(-c2cc(Cl)ccc2F)no1. The molecule has 2 aromatic rings. The van der Waals surface area contributed by atoms with E-state index in [0.29, 0.717) is 5.02 Å². The van der Waals surface area contributed by atoms with Gasteiger partial charge in [0.2, 0.25) is 11.7 Å². The first-order valence-electron chi connectivity index (χ1n) is 4.19. The number of aromatic nitrogens is 2. The smallest absolute Gasteiger partial charge is 0.240 e. The summed E-state index contributed by atoms with van der Waals surface area (Å²) in [5.74, 6) is -0.0522. The molecule has 0 atom stereocenters. The van der Waals surface area contributed by atoms with E-state index < -0.39 is 5.82 Å². The van der Waals surface area contributed by atoms with Gasteiger partial charge < -0.3 is 10.3 Å². The highest BCUT2D eigenvalue weighted by Crippen LogP contribution is 2.23. The lowest BCUT2D eigenvalue weighted by molar-refractivity contribution is 0.380. The molecular weight excluding hydrogens is 221 g/mol. The molecule has 78 valence electrons. The van der Waals surface area contributed by atoms with Crippen LogP contribution in [0, 0.1) is 5.82 Å². The van der Waals surface area contributed by atoms with E-state index in [1.165, 1.54) is 18.2 Å². The van der Waals surface area contributed by atoms with Crippen molar-refractivity contribution in [1.82, 2.24) is 10.1 Å². The van der Waals surface area contributed by atoms with Crippen LogP contribution in [0.4, 0.5) is 4.39 Å². The molecule has 0 unspecified atom stereocenters. The van der Waals surface area contributed by atoms with E-state index in [2.05, 4.69) is 10.1 Å². The number of hydrogen-bond acceptors (Lipinski definition) is 4. The van der Waals surface area contributed by atoms with E-state index in [0.717, 1.165) is 0 Å². The summed E-state index contributed by atoms with van der Waals surface area (Å²) in [6.07, 6.45) is 0. The first-order valence-corrected chi connectivity index (χ1v) is 4.56. The van der Waals surface area contributed by atoms with Gasteiger partial charge in [0.15, 0.2) is 0 Å². The highest BCUT2D eigenvalue weighted by Gasteiger charge is 2.12. The molecule has 0 saturated carbocycles. The number of nitrogens with zero attached hydrogens (tertiary/aromatic N) is 2. The van der Waals surface area contributed by atoms with E-state index in [4.69, 9.17) is 21.9 Å². The fourth-order valence-corrected chi connectivity index (χ4v) is 1.29. The summed E-state index contributed by atoms with van der Waals surface area (Å²) >= 11 is 5.73. The molecule has 0 amide bonds. The molecule has 0 aliphatic heterocycles. The topological polar surface area (TPSA) is 64.9 Å². The Labute approximate surface area is 89.8 Å². The molecule has 0 radical (unpaired) electrons. The quantitative estimate of drug-likeness (QED) is 0.852. The molecule has 2 N–H and O–H groups in total. The maximum Gasteiger partial charge on any atom is 0.240 e. The van der Waals surface area contributed by atoms with Gasteiger partial charge in [0.05, 0.1) is 12.1 Å². The van der Waals surface area contributed by atoms with Crippen LogP contribution in [0.2, 0.25) is 5.02 Å². The van der Waals surface area contributed by atoms with E-state index in [1.807, 2.05) is 0 Å². The van der Waals surface area contributed by atoms with Crippen molar-refractivity contribution in [2.75, 3.05) is 0 Å². The van der Waals surface area contributed by atoms with Crippen LogP contribution >= 0.6 is 11.6 Å². The largest absolute Gasteiger partial charge is 0.338 e. The van der Waals surface area contributed by atoms with Crippen LogP contribution in [0.3, 0.4) is 0 Å². The van der Waals surface area contributed by atoms with Crippen molar-refractivity contribution in [2.24, 2.45) is 5.73 Å². The first-order chi connectivity index (χ1) is 7.20. The minimum atomic E-state index is -0.455. The number of rotatable bonds is 2. The summed E-state index contributed by atoms with van der Waals surface area (Å²) < 4.78 is 18.1. The molecule has 0 saturated heterocycles. The minimum Gasteiger partial charge on any atom is -0.338 e. The molecule has 1 aromatic heterocycles. The van der Waals surface area contributed by atoms with Gasteiger partial charge in [0.1, 0.15) is 5.82 Å². The lowest BCUT2D eigenvalue weighted by Crippen LogP contribution is -1.96. The summed E-state index contributed by atoms with van der Waals surface area (Å²) in [5.41, 5.74) is 5.49. The summed E-state index contributed by atoms with van der Waals surface area (Å²) in [4.78, 5) is 3.90. The van der Waals surface area contributed by atoms with Crippen LogP contribution in [-0.4, -0.2) is 10.1 Å². The number of halogens is 2. The second-order valence-corrected chi connectivity index (χ2v) is 3.28. The summed E-state index contributed by atoms with van der Waals surface area (Å²) in [6.45, 7) is 0.120. The molecule has 0 fully saturated rings. The summed E-state index contributed by atoms with van der Waals surface area (Å²) in [6, 6.07) is 4.13. The zero-order chi connectivity index (χ0) is 10.8. The standard InChI is InChI=1S/C9H7ClFN3O/c10-5-1-2-7(11)6(3-5)9-13-8(4-12)15-14-9/h1-3H,4,12H2. The molecule has 6 heteroatoms. The zero-order valence-corrected chi connectivity index (χ0v) is 8.33. The maximum absolute atomic E-state index is 13.4. The third kappa shape index (κ3) is 1.98. The van der Waals surface area contributed by atoms with Crippen molar-refractivity contribution in [3.05, 3.63) is 34.9 Å². The van der Waals surface area contributed by atoms with Crippen molar-refractivity contribution >= 4 is 11.6 Å². The van der Waals surface area contributed by atoms with Crippen molar-refractivity contribution in [3.63, 3.8) is 0 Å². The summed E-state index contributed by atoms with van der Waals surface area (Å²) in [5, 5.41) is 4.00. The molecule has 2 rings (SSSR count). The average molecular weight is 228 g/mol. The molecule has 15 heavy (non-hydrogen) atoms. The van der Waals surface area contributed by atoms with Crippen LogP contribution in [0.1, 0.15) is 5.89 Å². The van der Waals surface area contributed by atoms with Crippen LogP contribution < -0.4 is 5.73 Å². The van der Waals surface area contributed by atoms with Crippen molar-refractivity contribution < 1.29 is 8.91 Å². The van der Waals surface area contributed by atoms with E-state index in [1.54, 1.807) is 0 Å². The molecule has 0 spiro atoms. The lowest BCUT2D eigenvalue weighted by Gasteiger charge is -1.97. The predicted octanol–water partition coefficient (Wildman–Crippen LogP) is 1.99. The number of nitrogens with two attached hydrogens (primary N) is 1. The van der Waals surface area contributed by atoms with Crippen LogP contribution in [0.5, 0.6) is 0 Å². The Hall–Kier alpha value is -1.46. The van der Waals surface area contributed by atoms with Gasteiger partial charge >= 0.3 is 0 Å². The Bertz CT molecular complexity index is 486. The van der Waals surface area contributed by atoms with E-state index in [9.17, 15) is 4.39 Å². The van der Waals surface area contributed by atoms with Gasteiger partial charge in [-0.25, -0.2) is 4.39 Å². The Morgan fingerprint density at radius 3 is 2.93 bits per heavy atom. The maximum atomic E-state index is 13.4. The van der Waals surface area contributed by atoms with Gasteiger partial charge in [-0.05, 0) is 18.2 Å². The second kappa shape index (κ2) is 3.96. The van der Waals surface area contributed by atoms with E-state index >= 15 is 0 Å². The summed E-state index contributed by atoms with van der Waals surface area (Å²) in [7, 11) is 0. The van der Waals surface area contributed by atoms with Crippen molar-refractivity contribution in [2.45, 2.75) is 6.54 Å². The van der Waals surface area contributed by atoms with Gasteiger partial charge in [-0.1, -0.05) is 16.8 Å². The van der Waals surface area contributed by atoms with Gasteiger partial charge in [0, 0.05) is 5.02 Å². The van der Waals surface area contributed by atoms with Crippen LogP contribution in [0.15, 0.2) is 22.7 Å². The highest BCUT2D eigenvalue weighted by atomic mass is 35.5. The van der Waals surface area contributed by atoms with Gasteiger partial charge in [-0.15, -0.1) is 0 Å². The molecule has 1 heterocycles. The highest BCUT2D eigenvalue weighted by molar-refractivity contribution is 6.30. The van der Waals surface area contributed by atoms with Gasteiger partial charge in [0.25, 0.3) is 0 Å². The van der Waals surface area contributed by atoms with Crippen molar-refractivity contribution in [3.8, 4) is 11.4 Å². The normalized spacial score (nSPS) is 10.6. The monoisotopic (exact) mass is 227 g/mol. The Kier molecular flexibility index (Phi) is 2.66. The van der Waals surface area contributed by atoms with Gasteiger partial charge in [-0.2, -0.15) is 4.98 Å². The van der Waals surface area contributed by atoms with Gasteiger partial charge in [-0.3, -0.25) is 0 Å². The molecular formula is C9H7ClFN3O. The molecule has 0 aliphatic carbocycles. The fourth-order valence-electron chi connectivity index (χ4n) is 1.12. The van der Waals surface area contributed by atoms with Crippen LogP contribution in [0.25, 0.3) is 11.4 Å². The second-order valence-electron chi connectivity index (χ2n) is 2.84. The van der Waals surface area contributed by atoms with Crippen molar-refractivity contribution in [1.29, 1.82) is 0 Å². The minimum absolute atomic E-state index is 0.120. The number of hydrogen-bond donors (Lipinski definition) is 1. The molecule has 0 bridgehead atoms. The zero-order valence-electron chi connectivity index (χ0n) is 7.58. The predicted molar refractivity (Wildman–Crippen MR) is 52.6 cm³/mol. The third-order valence-electron chi connectivity index (χ3n) is 1.81. The average Bonchev–Trinajstić information content (AvgIpc) is 2.70.